The van der Waals surface area contributed by atoms with Crippen molar-refractivity contribution in [1.82, 2.24) is 9.97 Å². The number of halogens is 1. The lowest BCUT2D eigenvalue weighted by Gasteiger charge is -2.23. The van der Waals surface area contributed by atoms with Gasteiger partial charge in [-0.05, 0) is 54.8 Å². The Morgan fingerprint density at radius 1 is 1.03 bits per heavy atom. The molecule has 2 aromatic carbocycles. The molecule has 0 atom stereocenters. The topological polar surface area (TPSA) is 75.1 Å². The minimum absolute atomic E-state index is 0.124. The predicted molar refractivity (Wildman–Crippen MR) is 119 cm³/mol. The van der Waals surface area contributed by atoms with Crippen molar-refractivity contribution < 1.29 is 9.90 Å². The third-order valence-electron chi connectivity index (χ3n) is 5.49. The summed E-state index contributed by atoms with van der Waals surface area (Å²) in [5, 5.41) is 13.2. The van der Waals surface area contributed by atoms with Gasteiger partial charge in [0.15, 0.2) is 5.82 Å². The molecule has 3 aromatic rings. The van der Waals surface area contributed by atoms with Crippen molar-refractivity contribution in [3.8, 4) is 17.0 Å². The van der Waals surface area contributed by atoms with Crippen LogP contribution >= 0.6 is 11.6 Å². The van der Waals surface area contributed by atoms with Crippen LogP contribution in [0.15, 0.2) is 54.7 Å². The summed E-state index contributed by atoms with van der Waals surface area (Å²) in [6, 6.07) is 14.2. The van der Waals surface area contributed by atoms with Crippen LogP contribution in [0.3, 0.4) is 0 Å². The molecule has 1 aliphatic carbocycles. The van der Waals surface area contributed by atoms with Gasteiger partial charge in [-0.2, -0.15) is 0 Å². The molecule has 6 heteroatoms. The number of hydrogen-bond donors (Lipinski definition) is 2. The van der Waals surface area contributed by atoms with Gasteiger partial charge in [0.05, 0.1) is 24.0 Å². The van der Waals surface area contributed by atoms with Gasteiger partial charge in [-0.15, -0.1) is 0 Å². The van der Waals surface area contributed by atoms with E-state index in [9.17, 15) is 9.90 Å². The molecule has 0 radical (unpaired) electrons. The summed E-state index contributed by atoms with van der Waals surface area (Å²) in [5.41, 5.74) is 3.37. The monoisotopic (exact) mass is 421 g/mol. The summed E-state index contributed by atoms with van der Waals surface area (Å²) in [7, 11) is 0. The smallest absolute Gasteiger partial charge is 0.229 e. The fraction of sp³-hybridized carbons (Fsp3) is 0.292. The molecule has 0 unspecified atom stereocenters. The third-order valence-corrected chi connectivity index (χ3v) is 5.74. The Morgan fingerprint density at radius 2 is 1.73 bits per heavy atom. The highest BCUT2D eigenvalue weighted by molar-refractivity contribution is 6.30. The Hall–Kier alpha value is -2.92. The summed E-state index contributed by atoms with van der Waals surface area (Å²) in [6.07, 6.45) is 7.59. The maximum atomic E-state index is 12.7. The summed E-state index contributed by atoms with van der Waals surface area (Å²) in [4.78, 5) is 22.1. The third kappa shape index (κ3) is 4.97. The maximum Gasteiger partial charge on any atom is 0.229 e. The van der Waals surface area contributed by atoms with Gasteiger partial charge in [0.25, 0.3) is 0 Å². The normalized spacial score (nSPS) is 14.4. The lowest BCUT2D eigenvalue weighted by Crippen LogP contribution is -2.19. The van der Waals surface area contributed by atoms with Gasteiger partial charge in [0.1, 0.15) is 5.75 Å². The number of nitrogens with one attached hydrogen (secondary N) is 1. The fourth-order valence-corrected chi connectivity index (χ4v) is 4.02. The summed E-state index contributed by atoms with van der Waals surface area (Å²) < 4.78 is 0. The van der Waals surface area contributed by atoms with Crippen molar-refractivity contribution in [3.05, 3.63) is 71.0 Å². The molecule has 4 rings (SSSR count). The van der Waals surface area contributed by atoms with Crippen LogP contribution < -0.4 is 5.32 Å². The van der Waals surface area contributed by atoms with Gasteiger partial charge in [0.2, 0.25) is 5.91 Å². The number of hydrogen-bond acceptors (Lipinski definition) is 4. The fourth-order valence-electron chi connectivity index (χ4n) is 3.90. The highest BCUT2D eigenvalue weighted by atomic mass is 35.5. The molecule has 0 saturated heterocycles. The van der Waals surface area contributed by atoms with Crippen molar-refractivity contribution in [2.45, 2.75) is 44.4 Å². The molecule has 1 aromatic heterocycles. The van der Waals surface area contributed by atoms with Crippen LogP contribution in [0, 0.1) is 0 Å². The zero-order chi connectivity index (χ0) is 20.9. The number of rotatable bonds is 5. The summed E-state index contributed by atoms with van der Waals surface area (Å²) in [5.74, 6) is 0.920. The molecule has 0 bridgehead atoms. The van der Waals surface area contributed by atoms with E-state index < -0.39 is 0 Å². The first-order valence-electron chi connectivity index (χ1n) is 10.3. The number of carbonyl (C=O) groups is 1. The van der Waals surface area contributed by atoms with Crippen LogP contribution in [-0.2, 0) is 11.2 Å². The number of aromatic hydroxyl groups is 1. The highest BCUT2D eigenvalue weighted by Crippen LogP contribution is 2.35. The van der Waals surface area contributed by atoms with E-state index in [4.69, 9.17) is 16.6 Å². The molecule has 1 saturated carbocycles. The van der Waals surface area contributed by atoms with Gasteiger partial charge in [-0.25, -0.2) is 9.97 Å². The highest BCUT2D eigenvalue weighted by Gasteiger charge is 2.23. The second-order valence-corrected chi connectivity index (χ2v) is 8.16. The van der Waals surface area contributed by atoms with E-state index in [-0.39, 0.29) is 24.0 Å². The predicted octanol–water partition coefficient (Wildman–Crippen LogP) is 5.73. The van der Waals surface area contributed by atoms with Crippen molar-refractivity contribution in [1.29, 1.82) is 0 Å². The Labute approximate surface area is 181 Å². The molecule has 2 N–H and O–H groups in total. The molecule has 1 heterocycles. The average molecular weight is 422 g/mol. The zero-order valence-corrected chi connectivity index (χ0v) is 17.4. The quantitative estimate of drug-likeness (QED) is 0.551. The maximum absolute atomic E-state index is 12.7. The Morgan fingerprint density at radius 3 is 2.43 bits per heavy atom. The van der Waals surface area contributed by atoms with Crippen LogP contribution in [0.25, 0.3) is 11.3 Å². The SMILES string of the molecule is O=C(Cc1ccc(Cl)cc1)Nc1ncc(-c2ccc(O)cc2)nc1C1CCCCC1. The summed E-state index contributed by atoms with van der Waals surface area (Å²) >= 11 is 5.93. The van der Waals surface area contributed by atoms with Crippen LogP contribution in [0.2, 0.25) is 5.02 Å². The number of aromatic nitrogens is 2. The van der Waals surface area contributed by atoms with E-state index in [0.717, 1.165) is 48.2 Å². The van der Waals surface area contributed by atoms with Crippen molar-refractivity contribution in [2.24, 2.45) is 0 Å². The Bertz CT molecular complexity index is 1010. The molecule has 5 nitrogen and oxygen atoms in total. The van der Waals surface area contributed by atoms with Gasteiger partial charge in [0, 0.05) is 16.5 Å². The molecule has 1 amide bonds. The van der Waals surface area contributed by atoms with E-state index in [1.807, 2.05) is 24.3 Å². The van der Waals surface area contributed by atoms with Crippen molar-refractivity contribution in [3.63, 3.8) is 0 Å². The van der Waals surface area contributed by atoms with E-state index in [2.05, 4.69) is 10.3 Å². The van der Waals surface area contributed by atoms with Gasteiger partial charge in [-0.1, -0.05) is 43.0 Å². The molecule has 0 aliphatic heterocycles. The van der Waals surface area contributed by atoms with Crippen molar-refractivity contribution >= 4 is 23.3 Å². The number of amides is 1. The Kier molecular flexibility index (Phi) is 6.29. The first-order valence-corrected chi connectivity index (χ1v) is 10.7. The first-order chi connectivity index (χ1) is 14.6. The zero-order valence-electron chi connectivity index (χ0n) is 16.6. The average Bonchev–Trinajstić information content (AvgIpc) is 2.77. The number of benzene rings is 2. The minimum atomic E-state index is -0.124. The van der Waals surface area contributed by atoms with E-state index in [1.165, 1.54) is 6.42 Å². The number of nitrogens with zero attached hydrogens (tertiary/aromatic N) is 2. The van der Waals surface area contributed by atoms with Crippen LogP contribution in [0.4, 0.5) is 5.82 Å². The molecular weight excluding hydrogens is 398 g/mol. The molecular formula is C24H24ClN3O2. The second-order valence-electron chi connectivity index (χ2n) is 7.72. The number of anilines is 1. The molecule has 0 spiro atoms. The van der Waals surface area contributed by atoms with Crippen LogP contribution in [-0.4, -0.2) is 21.0 Å². The lowest BCUT2D eigenvalue weighted by atomic mass is 9.86. The number of carbonyl (C=O) groups excluding carboxylic acids is 1. The first kappa shape index (κ1) is 20.4. The van der Waals surface area contributed by atoms with E-state index in [1.54, 1.807) is 30.5 Å². The molecule has 30 heavy (non-hydrogen) atoms. The van der Waals surface area contributed by atoms with Crippen molar-refractivity contribution in [2.75, 3.05) is 5.32 Å². The second kappa shape index (κ2) is 9.26. The number of phenols is 1. The van der Waals surface area contributed by atoms with E-state index >= 15 is 0 Å². The largest absolute Gasteiger partial charge is 0.508 e. The molecule has 154 valence electrons. The van der Waals surface area contributed by atoms with Gasteiger partial charge in [-0.3, -0.25) is 4.79 Å². The molecule has 1 aliphatic rings. The van der Waals surface area contributed by atoms with Crippen LogP contribution in [0.5, 0.6) is 5.75 Å². The summed E-state index contributed by atoms with van der Waals surface area (Å²) in [6.45, 7) is 0. The number of phenolic OH excluding ortho intramolecular Hbond substituents is 1. The lowest BCUT2D eigenvalue weighted by molar-refractivity contribution is -0.115. The van der Waals surface area contributed by atoms with Gasteiger partial charge >= 0.3 is 0 Å². The van der Waals surface area contributed by atoms with Crippen LogP contribution in [0.1, 0.15) is 49.3 Å². The molecule has 1 fully saturated rings. The van der Waals surface area contributed by atoms with Gasteiger partial charge < -0.3 is 10.4 Å². The minimum Gasteiger partial charge on any atom is -0.508 e. The Balaban J connectivity index is 1.59. The van der Waals surface area contributed by atoms with E-state index in [0.29, 0.717) is 10.8 Å². The standard InChI is InChI=1S/C24H24ClN3O2/c25-19-10-6-16(7-11-19)14-22(30)28-24-23(18-4-2-1-3-5-18)27-21(15-26-24)17-8-12-20(29)13-9-17/h6-13,15,18,29H,1-5,14H2,(H,26,28,30).